The standard InChI is InChI=1S/C19H20FN3O3S/c1-22-10-2-3-15(22)12-21-19(24)13-4-9-18(17(11-13)23(25)26)27-16-7-5-14(20)6-8-16/h4-9,11,15H,2-3,10,12H2,1H3,(H,21,24). The number of hydrogen-bond donors (Lipinski definition) is 1. The van der Waals surface area contributed by atoms with Crippen LogP contribution in [0.15, 0.2) is 52.3 Å². The maximum atomic E-state index is 13.0. The molecule has 1 aliphatic heterocycles. The molecule has 1 N–H and O–H groups in total. The Morgan fingerprint density at radius 2 is 2.07 bits per heavy atom. The summed E-state index contributed by atoms with van der Waals surface area (Å²) in [5, 5.41) is 14.3. The van der Waals surface area contributed by atoms with Crippen molar-refractivity contribution in [2.45, 2.75) is 28.7 Å². The van der Waals surface area contributed by atoms with Crippen LogP contribution in [0.25, 0.3) is 0 Å². The lowest BCUT2D eigenvalue weighted by Gasteiger charge is -2.19. The zero-order valence-corrected chi connectivity index (χ0v) is 15.7. The van der Waals surface area contributed by atoms with Crippen molar-refractivity contribution in [3.63, 3.8) is 0 Å². The summed E-state index contributed by atoms with van der Waals surface area (Å²) in [5.74, 6) is -0.689. The molecule has 2 aromatic carbocycles. The number of nitro groups is 1. The first-order chi connectivity index (χ1) is 12.9. The van der Waals surface area contributed by atoms with Crippen LogP contribution in [0.5, 0.6) is 0 Å². The Morgan fingerprint density at radius 1 is 1.33 bits per heavy atom. The minimum atomic E-state index is -0.507. The van der Waals surface area contributed by atoms with E-state index in [4.69, 9.17) is 0 Å². The minimum Gasteiger partial charge on any atom is -0.350 e. The van der Waals surface area contributed by atoms with E-state index in [-0.39, 0.29) is 23.0 Å². The van der Waals surface area contributed by atoms with Crippen molar-refractivity contribution in [2.24, 2.45) is 0 Å². The van der Waals surface area contributed by atoms with Crippen LogP contribution < -0.4 is 5.32 Å². The van der Waals surface area contributed by atoms with Crippen molar-refractivity contribution in [2.75, 3.05) is 20.1 Å². The summed E-state index contributed by atoms with van der Waals surface area (Å²) in [4.78, 5) is 26.6. The predicted octanol–water partition coefficient (Wildman–Crippen LogP) is 3.71. The lowest BCUT2D eigenvalue weighted by molar-refractivity contribution is -0.387. The van der Waals surface area contributed by atoms with Crippen molar-refractivity contribution < 1.29 is 14.1 Å². The molecule has 0 aliphatic carbocycles. The van der Waals surface area contributed by atoms with Gasteiger partial charge in [-0.1, -0.05) is 11.8 Å². The summed E-state index contributed by atoms with van der Waals surface area (Å²) < 4.78 is 13.0. The molecule has 3 rings (SSSR count). The SMILES string of the molecule is CN1CCCC1CNC(=O)c1ccc(Sc2ccc(F)cc2)c([N+](=O)[O-])c1. The lowest BCUT2D eigenvalue weighted by atomic mass is 10.1. The number of nitrogens with one attached hydrogen (secondary N) is 1. The van der Waals surface area contributed by atoms with Crippen LogP contribution in [0.1, 0.15) is 23.2 Å². The van der Waals surface area contributed by atoms with Gasteiger partial charge in [-0.05, 0) is 62.8 Å². The van der Waals surface area contributed by atoms with E-state index in [2.05, 4.69) is 10.2 Å². The predicted molar refractivity (Wildman–Crippen MR) is 102 cm³/mol. The average Bonchev–Trinajstić information content (AvgIpc) is 3.06. The van der Waals surface area contributed by atoms with E-state index in [0.717, 1.165) is 31.1 Å². The Balaban J connectivity index is 1.73. The molecule has 142 valence electrons. The number of carbonyl (C=O) groups is 1. The van der Waals surface area contributed by atoms with Gasteiger partial charge in [-0.2, -0.15) is 0 Å². The van der Waals surface area contributed by atoms with E-state index in [0.29, 0.717) is 22.4 Å². The smallest absolute Gasteiger partial charge is 0.284 e. The molecular weight excluding hydrogens is 369 g/mol. The first-order valence-electron chi connectivity index (χ1n) is 8.64. The summed E-state index contributed by atoms with van der Waals surface area (Å²) in [6.45, 7) is 1.54. The highest BCUT2D eigenvalue weighted by Crippen LogP contribution is 2.35. The highest BCUT2D eigenvalue weighted by atomic mass is 32.2. The second-order valence-electron chi connectivity index (χ2n) is 6.48. The van der Waals surface area contributed by atoms with E-state index in [1.807, 2.05) is 7.05 Å². The van der Waals surface area contributed by atoms with E-state index < -0.39 is 4.92 Å². The van der Waals surface area contributed by atoms with Crippen molar-refractivity contribution in [1.29, 1.82) is 0 Å². The minimum absolute atomic E-state index is 0.144. The summed E-state index contributed by atoms with van der Waals surface area (Å²) in [7, 11) is 2.02. The maximum Gasteiger partial charge on any atom is 0.284 e. The van der Waals surface area contributed by atoms with E-state index in [9.17, 15) is 19.3 Å². The van der Waals surface area contributed by atoms with Gasteiger partial charge in [0.2, 0.25) is 0 Å². The zero-order valence-electron chi connectivity index (χ0n) is 14.9. The fourth-order valence-electron chi connectivity index (χ4n) is 3.07. The Bertz CT molecular complexity index is 845. The van der Waals surface area contributed by atoms with Gasteiger partial charge in [0.15, 0.2) is 0 Å². The van der Waals surface area contributed by atoms with Crippen LogP contribution in [0.4, 0.5) is 10.1 Å². The number of benzene rings is 2. The fraction of sp³-hybridized carbons (Fsp3) is 0.316. The molecule has 0 aromatic heterocycles. The molecule has 8 heteroatoms. The highest BCUT2D eigenvalue weighted by Gasteiger charge is 2.22. The first-order valence-corrected chi connectivity index (χ1v) is 9.46. The molecule has 0 radical (unpaired) electrons. The molecule has 1 saturated heterocycles. The Labute approximate surface area is 160 Å². The van der Waals surface area contributed by atoms with Gasteiger partial charge in [-0.3, -0.25) is 14.9 Å². The van der Waals surface area contributed by atoms with Gasteiger partial charge in [-0.25, -0.2) is 4.39 Å². The summed E-state index contributed by atoms with van der Waals surface area (Å²) in [5.41, 5.74) is 0.112. The number of nitro benzene ring substituents is 1. The van der Waals surface area contributed by atoms with Crippen LogP contribution in [0.2, 0.25) is 0 Å². The van der Waals surface area contributed by atoms with Crippen molar-refractivity contribution in [3.05, 3.63) is 64.0 Å². The van der Waals surface area contributed by atoms with Crippen molar-refractivity contribution in [3.8, 4) is 0 Å². The normalized spacial score (nSPS) is 17.0. The molecule has 1 heterocycles. The van der Waals surface area contributed by atoms with Crippen LogP contribution >= 0.6 is 11.8 Å². The highest BCUT2D eigenvalue weighted by molar-refractivity contribution is 7.99. The third-order valence-electron chi connectivity index (χ3n) is 4.63. The van der Waals surface area contributed by atoms with Crippen LogP contribution in [-0.2, 0) is 0 Å². The van der Waals surface area contributed by atoms with E-state index in [1.54, 1.807) is 24.3 Å². The van der Waals surface area contributed by atoms with Gasteiger partial charge >= 0.3 is 0 Å². The molecule has 1 aliphatic rings. The molecular formula is C19H20FN3O3S. The second kappa shape index (κ2) is 8.49. The van der Waals surface area contributed by atoms with Gasteiger partial charge in [-0.15, -0.1) is 0 Å². The average molecular weight is 389 g/mol. The van der Waals surface area contributed by atoms with Crippen LogP contribution in [-0.4, -0.2) is 41.9 Å². The molecule has 1 fully saturated rings. The Kier molecular flexibility index (Phi) is 6.08. The van der Waals surface area contributed by atoms with Crippen molar-refractivity contribution in [1.82, 2.24) is 10.2 Å². The number of amides is 1. The number of rotatable bonds is 6. The van der Waals surface area contributed by atoms with Gasteiger partial charge in [0.25, 0.3) is 11.6 Å². The zero-order chi connectivity index (χ0) is 19.4. The number of nitrogens with zero attached hydrogens (tertiary/aromatic N) is 2. The molecule has 1 amide bonds. The van der Waals surface area contributed by atoms with E-state index in [1.165, 1.54) is 18.2 Å². The summed E-state index contributed by atoms with van der Waals surface area (Å²) in [6, 6.07) is 10.4. The fourth-order valence-corrected chi connectivity index (χ4v) is 3.97. The Hall–Kier alpha value is -2.45. The van der Waals surface area contributed by atoms with Gasteiger partial charge < -0.3 is 10.2 Å². The molecule has 1 unspecified atom stereocenters. The molecule has 27 heavy (non-hydrogen) atoms. The monoisotopic (exact) mass is 389 g/mol. The third kappa shape index (κ3) is 4.84. The van der Waals surface area contributed by atoms with E-state index >= 15 is 0 Å². The topological polar surface area (TPSA) is 75.5 Å². The molecule has 0 spiro atoms. The molecule has 0 saturated carbocycles. The second-order valence-corrected chi connectivity index (χ2v) is 7.60. The first kappa shape index (κ1) is 19.3. The maximum absolute atomic E-state index is 13.0. The van der Waals surface area contributed by atoms with Crippen LogP contribution in [0.3, 0.4) is 0 Å². The van der Waals surface area contributed by atoms with Gasteiger partial charge in [0.05, 0.1) is 9.82 Å². The summed E-state index contributed by atoms with van der Waals surface area (Å²) >= 11 is 1.16. The quantitative estimate of drug-likeness (QED) is 0.602. The Morgan fingerprint density at radius 3 is 2.70 bits per heavy atom. The van der Waals surface area contributed by atoms with Gasteiger partial charge in [0.1, 0.15) is 5.82 Å². The summed E-state index contributed by atoms with van der Waals surface area (Å²) in [6.07, 6.45) is 2.14. The van der Waals surface area contributed by atoms with Gasteiger partial charge in [0, 0.05) is 29.1 Å². The number of hydrogen-bond acceptors (Lipinski definition) is 5. The number of carbonyl (C=O) groups excluding carboxylic acids is 1. The molecule has 2 aromatic rings. The number of likely N-dealkylation sites (tertiary alicyclic amines) is 1. The van der Waals surface area contributed by atoms with Crippen molar-refractivity contribution >= 4 is 23.4 Å². The third-order valence-corrected chi connectivity index (χ3v) is 5.70. The van der Waals surface area contributed by atoms with Crippen LogP contribution in [0, 0.1) is 15.9 Å². The largest absolute Gasteiger partial charge is 0.350 e. The lowest BCUT2D eigenvalue weighted by Crippen LogP contribution is -2.38. The molecule has 0 bridgehead atoms. The molecule has 6 nitrogen and oxygen atoms in total. The molecule has 1 atom stereocenters. The number of likely N-dealkylation sites (N-methyl/N-ethyl adjacent to an activating group) is 1. The number of halogens is 1.